The monoisotopic (exact) mass is 483 g/mol. The number of allylic oxidation sites excluding steroid dienone is 2. The Morgan fingerprint density at radius 2 is 2.12 bits per heavy atom. The van der Waals surface area contributed by atoms with E-state index in [1.165, 1.54) is 12.3 Å². The molecule has 9 nitrogen and oxygen atoms in total. The number of rotatable bonds is 8. The Balaban J connectivity index is 1.87. The van der Waals surface area contributed by atoms with Crippen molar-refractivity contribution in [2.24, 2.45) is 10.7 Å². The van der Waals surface area contributed by atoms with Crippen molar-refractivity contribution in [2.45, 2.75) is 25.8 Å². The number of hydrogen-bond acceptors (Lipinski definition) is 8. The highest BCUT2D eigenvalue weighted by molar-refractivity contribution is 6.33. The van der Waals surface area contributed by atoms with E-state index < -0.39 is 0 Å². The summed E-state index contributed by atoms with van der Waals surface area (Å²) < 4.78 is 5.60. The number of likely N-dealkylation sites (N-methyl/N-ethyl adjacent to an activating group) is 1. The van der Waals surface area contributed by atoms with Crippen LogP contribution in [0.2, 0.25) is 5.02 Å². The second-order valence-electron chi connectivity index (χ2n) is 7.68. The highest BCUT2D eigenvalue weighted by Crippen LogP contribution is 2.33. The number of carbonyl (C=O) groups excluding carboxylic acids is 1. The summed E-state index contributed by atoms with van der Waals surface area (Å²) in [6, 6.07) is 6.18. The van der Waals surface area contributed by atoms with Crippen molar-refractivity contribution in [1.29, 1.82) is 0 Å². The molecule has 4 N–H and O–H groups in total. The Labute approximate surface area is 204 Å². The van der Waals surface area contributed by atoms with Crippen LogP contribution in [0.25, 0.3) is 0 Å². The molecule has 0 atom stereocenters. The molecule has 180 valence electrons. The maximum atomic E-state index is 12.1. The molecule has 1 amide bonds. The number of aromatic nitrogens is 2. The highest BCUT2D eigenvalue weighted by atomic mass is 35.5. The van der Waals surface area contributed by atoms with Gasteiger partial charge in [0.1, 0.15) is 10.8 Å². The van der Waals surface area contributed by atoms with E-state index in [1.54, 1.807) is 27.2 Å². The van der Waals surface area contributed by atoms with Gasteiger partial charge in [-0.15, -0.1) is 0 Å². The van der Waals surface area contributed by atoms with Gasteiger partial charge in [0, 0.05) is 37.9 Å². The van der Waals surface area contributed by atoms with Crippen molar-refractivity contribution in [2.75, 3.05) is 37.5 Å². The van der Waals surface area contributed by atoms with E-state index in [4.69, 9.17) is 22.1 Å². The van der Waals surface area contributed by atoms with Crippen LogP contribution in [0.15, 0.2) is 53.7 Å². The van der Waals surface area contributed by atoms with Crippen LogP contribution in [0.1, 0.15) is 19.8 Å². The summed E-state index contributed by atoms with van der Waals surface area (Å²) in [5.74, 6) is 0.852. The molecule has 3 rings (SSSR count). The van der Waals surface area contributed by atoms with E-state index in [2.05, 4.69) is 37.1 Å². The molecular weight excluding hydrogens is 454 g/mol. The lowest BCUT2D eigenvalue weighted by Gasteiger charge is -2.32. The van der Waals surface area contributed by atoms with Gasteiger partial charge in [0.05, 0.1) is 30.3 Å². The average molecular weight is 484 g/mol. The van der Waals surface area contributed by atoms with Crippen LogP contribution >= 0.6 is 11.6 Å². The minimum absolute atomic E-state index is 0.206. The Bertz CT molecular complexity index is 1110. The van der Waals surface area contributed by atoms with Gasteiger partial charge in [-0.1, -0.05) is 24.3 Å². The van der Waals surface area contributed by atoms with Gasteiger partial charge in [0.2, 0.25) is 5.95 Å². The fourth-order valence-electron chi connectivity index (χ4n) is 3.61. The molecule has 10 heteroatoms. The molecule has 1 aliphatic rings. The number of hydrogen-bond donors (Lipinski definition) is 3. The van der Waals surface area contributed by atoms with Gasteiger partial charge in [0.25, 0.3) is 5.91 Å². The van der Waals surface area contributed by atoms with Crippen LogP contribution in [0, 0.1) is 0 Å². The molecule has 0 unspecified atom stereocenters. The number of amides is 1. The van der Waals surface area contributed by atoms with E-state index in [-0.39, 0.29) is 28.7 Å². The number of nitrogens with two attached hydrogens (primary N) is 1. The number of benzene rings is 1. The minimum atomic E-state index is -0.287. The van der Waals surface area contributed by atoms with E-state index in [0.29, 0.717) is 22.7 Å². The molecule has 0 bridgehead atoms. The summed E-state index contributed by atoms with van der Waals surface area (Å²) in [6.45, 7) is 7.32. The number of carbonyl (C=O) groups is 1. The van der Waals surface area contributed by atoms with Gasteiger partial charge < -0.3 is 26.0 Å². The Morgan fingerprint density at radius 3 is 2.74 bits per heavy atom. The highest BCUT2D eigenvalue weighted by Gasteiger charge is 2.18. The first kappa shape index (κ1) is 25.2. The molecule has 1 fully saturated rings. The molecule has 0 saturated carbocycles. The maximum Gasteiger partial charge on any atom is 0.252 e. The smallest absolute Gasteiger partial charge is 0.252 e. The van der Waals surface area contributed by atoms with Crippen molar-refractivity contribution < 1.29 is 9.53 Å². The third-order valence-corrected chi connectivity index (χ3v) is 5.78. The molecule has 1 aliphatic heterocycles. The largest absolute Gasteiger partial charge is 0.494 e. The summed E-state index contributed by atoms with van der Waals surface area (Å²) in [5.41, 5.74) is 8.49. The van der Waals surface area contributed by atoms with E-state index >= 15 is 0 Å². The normalized spacial score (nSPS) is 15.1. The second kappa shape index (κ2) is 11.6. The predicted octanol–water partition coefficient (Wildman–Crippen LogP) is 3.76. The zero-order chi connectivity index (χ0) is 24.7. The summed E-state index contributed by atoms with van der Waals surface area (Å²) in [5, 5.41) is 5.98. The number of aliphatic imine (C=N–C) groups is 1. The van der Waals surface area contributed by atoms with Crippen molar-refractivity contribution >= 4 is 46.4 Å². The number of ether oxygens (including phenoxy) is 1. The molecule has 1 aromatic carbocycles. The number of halogens is 1. The molecule has 34 heavy (non-hydrogen) atoms. The number of piperidine rings is 1. The lowest BCUT2D eigenvalue weighted by atomic mass is 10.1. The Kier molecular flexibility index (Phi) is 8.61. The predicted molar refractivity (Wildman–Crippen MR) is 138 cm³/mol. The number of methoxy groups -OCH3 is 1. The molecule has 2 aromatic rings. The lowest BCUT2D eigenvalue weighted by Crippen LogP contribution is -2.39. The van der Waals surface area contributed by atoms with Gasteiger partial charge in [0.15, 0.2) is 5.82 Å². The quantitative estimate of drug-likeness (QED) is 0.386. The van der Waals surface area contributed by atoms with Gasteiger partial charge in [-0.05, 0) is 38.0 Å². The molecule has 1 saturated heterocycles. The third-order valence-electron chi connectivity index (χ3n) is 5.52. The first-order valence-electron chi connectivity index (χ1n) is 11.0. The summed E-state index contributed by atoms with van der Waals surface area (Å²) in [6.07, 6.45) is 6.50. The SMILES string of the molecule is C=CC(=Nc1nc(Nc2ccc(N3CCC(N)CC3)cc2OC)ncc1Cl)/C(=C\C)C(=O)NC. The van der Waals surface area contributed by atoms with Gasteiger partial charge in [-0.25, -0.2) is 9.98 Å². The number of nitrogens with zero attached hydrogens (tertiary/aromatic N) is 4. The summed E-state index contributed by atoms with van der Waals surface area (Å²) in [4.78, 5) is 27.6. The van der Waals surface area contributed by atoms with Crippen molar-refractivity contribution in [3.8, 4) is 5.75 Å². The van der Waals surface area contributed by atoms with Crippen molar-refractivity contribution in [1.82, 2.24) is 15.3 Å². The van der Waals surface area contributed by atoms with Crippen molar-refractivity contribution in [3.63, 3.8) is 0 Å². The van der Waals surface area contributed by atoms with Crippen LogP contribution in [0.4, 0.5) is 23.1 Å². The third kappa shape index (κ3) is 5.92. The first-order valence-corrected chi connectivity index (χ1v) is 11.4. The molecule has 0 aliphatic carbocycles. The first-order chi connectivity index (χ1) is 16.4. The fraction of sp³-hybridized carbons (Fsp3) is 0.333. The molecular formula is C24H30ClN7O2. The molecule has 1 aromatic heterocycles. The average Bonchev–Trinajstić information content (AvgIpc) is 2.86. The number of nitrogens with one attached hydrogen (secondary N) is 2. The minimum Gasteiger partial charge on any atom is -0.494 e. The van der Waals surface area contributed by atoms with E-state index in [9.17, 15) is 4.79 Å². The zero-order valence-electron chi connectivity index (χ0n) is 19.6. The second-order valence-corrected chi connectivity index (χ2v) is 8.09. The topological polar surface area (TPSA) is 118 Å². The van der Waals surface area contributed by atoms with Gasteiger partial charge in [-0.2, -0.15) is 4.98 Å². The van der Waals surface area contributed by atoms with Crippen LogP contribution in [-0.2, 0) is 4.79 Å². The molecule has 2 heterocycles. The molecule has 0 spiro atoms. The van der Waals surface area contributed by atoms with Crippen LogP contribution in [0.3, 0.4) is 0 Å². The summed E-state index contributed by atoms with van der Waals surface area (Å²) in [7, 11) is 3.16. The Morgan fingerprint density at radius 1 is 1.38 bits per heavy atom. The van der Waals surface area contributed by atoms with Gasteiger partial charge in [-0.3, -0.25) is 4.79 Å². The standard InChI is InChI=1S/C24H30ClN7O2/c1-5-17(23(33)27-3)19(6-2)29-22-18(25)14-28-24(31-22)30-20-8-7-16(13-21(20)34-4)32-11-9-15(26)10-12-32/h5-8,13-15H,2,9-12,26H2,1,3-4H3,(H,27,33)(H,28,30,31)/b17-5+,29-19?. The Hall–Kier alpha value is -3.43. The zero-order valence-corrected chi connectivity index (χ0v) is 20.4. The molecule has 0 radical (unpaired) electrons. The lowest BCUT2D eigenvalue weighted by molar-refractivity contribution is -0.116. The van der Waals surface area contributed by atoms with Crippen molar-refractivity contribution in [3.05, 3.63) is 53.7 Å². The van der Waals surface area contributed by atoms with Crippen LogP contribution in [-0.4, -0.2) is 54.9 Å². The van der Waals surface area contributed by atoms with E-state index in [0.717, 1.165) is 31.6 Å². The maximum absolute atomic E-state index is 12.1. The van der Waals surface area contributed by atoms with Gasteiger partial charge >= 0.3 is 0 Å². The van der Waals surface area contributed by atoms with Crippen LogP contribution in [0.5, 0.6) is 5.75 Å². The summed E-state index contributed by atoms with van der Waals surface area (Å²) >= 11 is 6.28. The van der Waals surface area contributed by atoms with E-state index in [1.807, 2.05) is 18.2 Å². The fourth-order valence-corrected chi connectivity index (χ4v) is 3.75. The van der Waals surface area contributed by atoms with Crippen LogP contribution < -0.4 is 26.0 Å². The number of anilines is 3.